The van der Waals surface area contributed by atoms with Crippen LogP contribution < -0.4 is 0 Å². The summed E-state index contributed by atoms with van der Waals surface area (Å²) in [6.07, 6.45) is 10.2. The number of nitrogens with zero attached hydrogens (tertiary/aromatic N) is 3. The van der Waals surface area contributed by atoms with Crippen LogP contribution in [0.2, 0.25) is 0 Å². The monoisotopic (exact) mass is 373 g/mol. The van der Waals surface area contributed by atoms with E-state index in [0.717, 1.165) is 32.1 Å². The number of carbonyl (C=O) groups is 1. The fourth-order valence-electron chi connectivity index (χ4n) is 8.51. The molecule has 7 atom stereocenters. The Kier molecular flexibility index (Phi) is 4.34. The lowest BCUT2D eigenvalue weighted by atomic mass is 9.40. The topological polar surface area (TPSA) is 75.1 Å². The van der Waals surface area contributed by atoms with Gasteiger partial charge >= 0.3 is 5.97 Å². The van der Waals surface area contributed by atoms with Crippen molar-refractivity contribution in [3.63, 3.8) is 0 Å². The molecule has 4 saturated carbocycles. The number of rotatable bonds is 3. The zero-order valence-corrected chi connectivity index (χ0v) is 17.5. The zero-order chi connectivity index (χ0) is 19.5. The van der Waals surface area contributed by atoms with Gasteiger partial charge in [0.2, 0.25) is 0 Å². The Morgan fingerprint density at radius 1 is 1.15 bits per heavy atom. The molecule has 4 aliphatic carbocycles. The van der Waals surface area contributed by atoms with Crippen LogP contribution in [0.1, 0.15) is 85.5 Å². The van der Waals surface area contributed by atoms with Crippen LogP contribution in [0.25, 0.3) is 10.4 Å². The molecule has 0 aromatic heterocycles. The van der Waals surface area contributed by atoms with Crippen molar-refractivity contribution in [3.05, 3.63) is 10.4 Å². The maximum atomic E-state index is 12.9. The summed E-state index contributed by atoms with van der Waals surface area (Å²) in [5, 5.41) is 4.24. The van der Waals surface area contributed by atoms with Gasteiger partial charge in [0.25, 0.3) is 0 Å². The molecule has 0 aromatic rings. The van der Waals surface area contributed by atoms with Crippen molar-refractivity contribution in [2.75, 3.05) is 6.61 Å². The van der Waals surface area contributed by atoms with E-state index in [2.05, 4.69) is 30.8 Å². The second-order valence-corrected chi connectivity index (χ2v) is 10.8. The molecule has 0 unspecified atom stereocenters. The number of carbonyl (C=O) groups excluding carboxylic acids is 1. The maximum Gasteiger partial charge on any atom is 0.312 e. The van der Waals surface area contributed by atoms with E-state index in [1.54, 1.807) is 0 Å². The van der Waals surface area contributed by atoms with Crippen molar-refractivity contribution in [2.45, 2.75) is 91.5 Å². The van der Waals surface area contributed by atoms with Crippen LogP contribution in [0.15, 0.2) is 5.11 Å². The molecule has 0 amide bonds. The minimum absolute atomic E-state index is 0.0240. The van der Waals surface area contributed by atoms with Crippen molar-refractivity contribution in [1.29, 1.82) is 0 Å². The summed E-state index contributed by atoms with van der Waals surface area (Å²) < 4.78 is 5.55. The summed E-state index contributed by atoms with van der Waals surface area (Å²) >= 11 is 0. The van der Waals surface area contributed by atoms with Gasteiger partial charge in [-0.3, -0.25) is 4.79 Å². The molecule has 0 aromatic carbocycles. The van der Waals surface area contributed by atoms with Crippen molar-refractivity contribution < 1.29 is 9.53 Å². The van der Waals surface area contributed by atoms with Gasteiger partial charge in [0.15, 0.2) is 0 Å². The normalized spacial score (nSPS) is 50.9. The van der Waals surface area contributed by atoms with E-state index in [0.29, 0.717) is 23.9 Å². The van der Waals surface area contributed by atoms with E-state index >= 15 is 0 Å². The Hall–Kier alpha value is -1.22. The second-order valence-electron chi connectivity index (χ2n) is 10.8. The molecular formula is C22H35N3O2. The summed E-state index contributed by atoms with van der Waals surface area (Å²) in [6.45, 7) is 9.38. The number of azide groups is 1. The Bertz CT molecular complexity index is 689. The van der Waals surface area contributed by atoms with Gasteiger partial charge in [-0.05, 0) is 98.8 Å². The van der Waals surface area contributed by atoms with E-state index in [1.807, 2.05) is 6.92 Å². The van der Waals surface area contributed by atoms with Gasteiger partial charge in [0.05, 0.1) is 12.0 Å². The summed E-state index contributed by atoms with van der Waals surface area (Å²) in [4.78, 5) is 16.1. The first-order valence-corrected chi connectivity index (χ1v) is 11.0. The van der Waals surface area contributed by atoms with Crippen LogP contribution in [-0.4, -0.2) is 18.6 Å². The lowest BCUT2D eigenvalue weighted by Crippen LogP contribution is -2.58. The third-order valence-electron chi connectivity index (χ3n) is 9.54. The predicted octanol–water partition coefficient (Wildman–Crippen LogP) is 6.03. The van der Waals surface area contributed by atoms with Crippen molar-refractivity contribution >= 4 is 5.97 Å². The lowest BCUT2D eigenvalue weighted by molar-refractivity contribution is -0.187. The van der Waals surface area contributed by atoms with Crippen molar-refractivity contribution in [2.24, 2.45) is 38.6 Å². The van der Waals surface area contributed by atoms with Gasteiger partial charge in [-0.2, -0.15) is 0 Å². The Morgan fingerprint density at radius 3 is 2.59 bits per heavy atom. The third kappa shape index (κ3) is 2.50. The molecule has 0 N–H and O–H groups in total. The molecule has 1 spiro atoms. The standard InChI is InChI=1S/C22H35N3O2/c1-5-27-18(26)21(4)10-6-9-20(3)15(21)8-12-22-13-17(24-25-23)19(2,14-22)11-7-16(20)22/h15-17H,5-14H2,1-4H3/t15-,16-,17-,19-,20+,21+,22-/m0/s1. The fourth-order valence-corrected chi connectivity index (χ4v) is 8.51. The predicted molar refractivity (Wildman–Crippen MR) is 105 cm³/mol. The SMILES string of the molecule is CCOC(=O)[C@]1(C)CCC[C@@]2(C)[C@@H]3CC[C@@]4(C)C[C@]3(CC[C@@H]21)C[C@@H]4N=[N+]=[N-]. The van der Waals surface area contributed by atoms with E-state index in [-0.39, 0.29) is 28.3 Å². The van der Waals surface area contributed by atoms with Crippen molar-refractivity contribution in [1.82, 2.24) is 0 Å². The summed E-state index contributed by atoms with van der Waals surface area (Å²) in [5.41, 5.74) is 9.42. The Balaban J connectivity index is 1.69. The molecule has 0 heterocycles. The highest BCUT2D eigenvalue weighted by Crippen LogP contribution is 2.74. The van der Waals surface area contributed by atoms with Gasteiger partial charge in [0, 0.05) is 11.0 Å². The highest BCUT2D eigenvalue weighted by Gasteiger charge is 2.68. The molecule has 27 heavy (non-hydrogen) atoms. The highest BCUT2D eigenvalue weighted by molar-refractivity contribution is 5.77. The maximum absolute atomic E-state index is 12.9. The van der Waals surface area contributed by atoms with E-state index in [9.17, 15) is 4.79 Å². The average molecular weight is 374 g/mol. The summed E-state index contributed by atoms with van der Waals surface area (Å²) in [6, 6.07) is 0.146. The quantitative estimate of drug-likeness (QED) is 0.262. The molecular weight excluding hydrogens is 338 g/mol. The summed E-state index contributed by atoms with van der Waals surface area (Å²) in [7, 11) is 0. The van der Waals surface area contributed by atoms with Crippen LogP contribution in [0, 0.1) is 33.5 Å². The molecule has 5 heteroatoms. The molecule has 4 aliphatic rings. The smallest absolute Gasteiger partial charge is 0.312 e. The van der Waals surface area contributed by atoms with Gasteiger partial charge in [-0.25, -0.2) is 0 Å². The lowest BCUT2D eigenvalue weighted by Gasteiger charge is -2.64. The highest BCUT2D eigenvalue weighted by atomic mass is 16.5. The van der Waals surface area contributed by atoms with Crippen molar-refractivity contribution in [3.8, 4) is 0 Å². The number of esters is 1. The van der Waals surface area contributed by atoms with E-state index < -0.39 is 0 Å². The first-order chi connectivity index (χ1) is 12.7. The molecule has 5 nitrogen and oxygen atoms in total. The van der Waals surface area contributed by atoms with Gasteiger partial charge in [0.1, 0.15) is 0 Å². The Labute approximate surface area is 163 Å². The largest absolute Gasteiger partial charge is 0.466 e. The van der Waals surface area contributed by atoms with Crippen LogP contribution in [0.5, 0.6) is 0 Å². The number of ether oxygens (including phenoxy) is 1. The minimum atomic E-state index is -0.339. The second kappa shape index (κ2) is 6.14. The zero-order valence-electron chi connectivity index (χ0n) is 17.5. The van der Waals surface area contributed by atoms with E-state index in [4.69, 9.17) is 10.3 Å². The van der Waals surface area contributed by atoms with E-state index in [1.165, 1.54) is 25.7 Å². The molecule has 4 fully saturated rings. The molecule has 150 valence electrons. The minimum Gasteiger partial charge on any atom is -0.466 e. The average Bonchev–Trinajstić information content (AvgIpc) is 2.80. The van der Waals surface area contributed by atoms with Gasteiger partial charge in [-0.1, -0.05) is 25.4 Å². The van der Waals surface area contributed by atoms with Crippen LogP contribution in [-0.2, 0) is 9.53 Å². The van der Waals surface area contributed by atoms with Crippen LogP contribution >= 0.6 is 0 Å². The molecule has 4 rings (SSSR count). The third-order valence-corrected chi connectivity index (χ3v) is 9.54. The molecule has 2 bridgehead atoms. The van der Waals surface area contributed by atoms with Gasteiger partial charge in [-0.15, -0.1) is 0 Å². The molecule has 0 aliphatic heterocycles. The molecule has 0 radical (unpaired) electrons. The van der Waals surface area contributed by atoms with Crippen LogP contribution in [0.3, 0.4) is 0 Å². The number of hydrogen-bond acceptors (Lipinski definition) is 3. The van der Waals surface area contributed by atoms with Gasteiger partial charge < -0.3 is 4.74 Å². The number of fused-ring (bicyclic) bond motifs is 3. The number of hydrogen-bond donors (Lipinski definition) is 0. The molecule has 0 saturated heterocycles. The first-order valence-electron chi connectivity index (χ1n) is 11.0. The summed E-state index contributed by atoms with van der Waals surface area (Å²) in [5.74, 6) is 1.08. The first kappa shape index (κ1) is 19.1. The Morgan fingerprint density at radius 2 is 1.89 bits per heavy atom. The fraction of sp³-hybridized carbons (Fsp3) is 0.955. The van der Waals surface area contributed by atoms with Crippen LogP contribution in [0.4, 0.5) is 0 Å².